The number of rotatable bonds is 7. The number of hydrogen-bond acceptors (Lipinski definition) is 6. The molecule has 248 valence electrons. The lowest BCUT2D eigenvalue weighted by Gasteiger charge is -2.40. The lowest BCUT2D eigenvalue weighted by Crippen LogP contribution is -2.51. The lowest BCUT2D eigenvalue weighted by atomic mass is 9.88. The van der Waals surface area contributed by atoms with Gasteiger partial charge in [-0.2, -0.15) is 0 Å². The van der Waals surface area contributed by atoms with Crippen LogP contribution in [0.3, 0.4) is 0 Å². The number of likely N-dealkylation sites (tertiary alicyclic amines) is 1. The maximum Gasteiger partial charge on any atom is 0.410 e. The van der Waals surface area contributed by atoms with Crippen molar-refractivity contribution in [2.75, 3.05) is 44.2 Å². The quantitative estimate of drug-likeness (QED) is 0.333. The number of hydrogen-bond donors (Lipinski definition) is 1. The zero-order valence-electron chi connectivity index (χ0n) is 28.4. The smallest absolute Gasteiger partial charge is 0.410 e. The van der Waals surface area contributed by atoms with Gasteiger partial charge in [-0.3, -0.25) is 4.79 Å². The highest BCUT2D eigenvalue weighted by molar-refractivity contribution is 7.90. The molecule has 2 aliphatic heterocycles. The Morgan fingerprint density at radius 1 is 0.956 bits per heavy atom. The summed E-state index contributed by atoms with van der Waals surface area (Å²) in [5.41, 5.74) is 3.77. The molecule has 4 atom stereocenters. The third-order valence-corrected chi connectivity index (χ3v) is 10.3. The minimum Gasteiger partial charge on any atom is -0.598 e. The fourth-order valence-electron chi connectivity index (χ4n) is 6.04. The van der Waals surface area contributed by atoms with Crippen LogP contribution in [0.4, 0.5) is 10.5 Å². The number of carbonyl (C=O) groups is 2. The summed E-state index contributed by atoms with van der Waals surface area (Å²) in [6, 6.07) is 14.0. The zero-order valence-corrected chi connectivity index (χ0v) is 29.9. The molecule has 2 aromatic carbocycles. The van der Waals surface area contributed by atoms with Gasteiger partial charge in [-0.05, 0) is 83.7 Å². The molecule has 8 nitrogen and oxygen atoms in total. The van der Waals surface area contributed by atoms with E-state index >= 15 is 0 Å². The van der Waals surface area contributed by atoms with Gasteiger partial charge in [0.1, 0.15) is 10.3 Å². The van der Waals surface area contributed by atoms with Gasteiger partial charge < -0.3 is 24.0 Å². The Balaban J connectivity index is 1.52. The first-order chi connectivity index (χ1) is 20.9. The van der Waals surface area contributed by atoms with E-state index in [0.717, 1.165) is 22.4 Å². The van der Waals surface area contributed by atoms with E-state index in [1.54, 1.807) is 4.90 Å². The van der Waals surface area contributed by atoms with Crippen LogP contribution in [0.15, 0.2) is 42.5 Å². The molecule has 2 saturated heterocycles. The number of halogens is 1. The van der Waals surface area contributed by atoms with Crippen LogP contribution in [0.25, 0.3) is 0 Å². The van der Waals surface area contributed by atoms with Gasteiger partial charge in [0.25, 0.3) is 0 Å². The van der Waals surface area contributed by atoms with Crippen molar-refractivity contribution in [2.24, 2.45) is 11.8 Å². The van der Waals surface area contributed by atoms with Gasteiger partial charge in [0, 0.05) is 67.3 Å². The molecule has 2 amide bonds. The SMILES string of the molecule is Cc1ccc(N2CCN(C(=O)C3CN(C(=O)OC(C)(C)C)CC3c3ccc(Cl)cc3)CC2)c([C@@H](N[S+]([O-])C(C)(C)C)C(C)C)c1. The number of anilines is 1. The summed E-state index contributed by atoms with van der Waals surface area (Å²) >= 11 is 4.95. The molecule has 0 radical (unpaired) electrons. The Morgan fingerprint density at radius 3 is 2.13 bits per heavy atom. The van der Waals surface area contributed by atoms with Gasteiger partial charge in [0.15, 0.2) is 0 Å². The average molecular weight is 659 g/mol. The molecule has 0 aliphatic carbocycles. The predicted octanol–water partition coefficient (Wildman–Crippen LogP) is 6.70. The Bertz CT molecular complexity index is 1330. The minimum absolute atomic E-state index is 0.0621. The Kier molecular flexibility index (Phi) is 11.1. The third kappa shape index (κ3) is 8.88. The van der Waals surface area contributed by atoms with Crippen LogP contribution in [0.5, 0.6) is 0 Å². The van der Waals surface area contributed by atoms with Crippen molar-refractivity contribution >= 4 is 40.7 Å². The highest BCUT2D eigenvalue weighted by Gasteiger charge is 2.44. The van der Waals surface area contributed by atoms with Gasteiger partial charge in [-0.25, -0.2) is 4.79 Å². The van der Waals surface area contributed by atoms with Crippen molar-refractivity contribution in [1.29, 1.82) is 0 Å². The van der Waals surface area contributed by atoms with E-state index in [0.29, 0.717) is 44.3 Å². The van der Waals surface area contributed by atoms with Crippen LogP contribution in [0, 0.1) is 18.8 Å². The average Bonchev–Trinajstić information content (AvgIpc) is 3.40. The second-order valence-corrected chi connectivity index (χ2v) is 17.2. The molecule has 0 aromatic heterocycles. The minimum atomic E-state index is -1.22. The van der Waals surface area contributed by atoms with E-state index in [4.69, 9.17) is 16.3 Å². The van der Waals surface area contributed by atoms with Gasteiger partial charge in [-0.1, -0.05) is 55.3 Å². The zero-order chi connectivity index (χ0) is 33.3. The van der Waals surface area contributed by atoms with E-state index < -0.39 is 23.1 Å². The van der Waals surface area contributed by atoms with Gasteiger partial charge in [0.2, 0.25) is 5.91 Å². The van der Waals surface area contributed by atoms with Crippen LogP contribution in [0.2, 0.25) is 5.02 Å². The van der Waals surface area contributed by atoms with E-state index in [-0.39, 0.29) is 34.4 Å². The standard InChI is InChI=1S/C35H51ClN4O4S/c1-23(2)31(37-45(43)35(7,8)9)27-20-24(3)10-15-30(27)38-16-18-39(19-17-38)32(41)29-22-40(33(42)44-34(4,5)6)21-28(29)25-11-13-26(36)14-12-25/h10-15,20,23,28-29,31,37H,16-19,21-22H2,1-9H3/t28?,29?,31-,45?/m0/s1. The number of nitrogens with one attached hydrogen (secondary N) is 1. The fourth-order valence-corrected chi connectivity index (χ4v) is 7.15. The van der Waals surface area contributed by atoms with E-state index in [2.05, 4.69) is 48.6 Å². The van der Waals surface area contributed by atoms with Crippen molar-refractivity contribution in [3.8, 4) is 0 Å². The van der Waals surface area contributed by atoms with Gasteiger partial charge >= 0.3 is 6.09 Å². The predicted molar refractivity (Wildman–Crippen MR) is 184 cm³/mol. The fraction of sp³-hybridized carbons (Fsp3) is 0.600. The molecule has 45 heavy (non-hydrogen) atoms. The normalized spacial score (nSPS) is 20.8. The Morgan fingerprint density at radius 2 is 1.58 bits per heavy atom. The van der Waals surface area contributed by atoms with Crippen LogP contribution >= 0.6 is 11.6 Å². The number of aryl methyl sites for hydroxylation is 1. The second-order valence-electron chi connectivity index (χ2n) is 14.7. The van der Waals surface area contributed by atoms with E-state index in [9.17, 15) is 14.1 Å². The first kappa shape index (κ1) is 35.4. The Hall–Kier alpha value is -2.46. The first-order valence-corrected chi connectivity index (χ1v) is 17.5. The van der Waals surface area contributed by atoms with E-state index in [1.807, 2.05) is 70.7 Å². The molecule has 4 rings (SSSR count). The highest BCUT2D eigenvalue weighted by Crippen LogP contribution is 2.37. The molecule has 0 saturated carbocycles. The van der Waals surface area contributed by atoms with Crippen molar-refractivity contribution < 1.29 is 18.9 Å². The highest BCUT2D eigenvalue weighted by atomic mass is 35.5. The maximum atomic E-state index is 14.1. The summed E-state index contributed by atoms with van der Waals surface area (Å²) in [6.07, 6.45) is -0.394. The van der Waals surface area contributed by atoms with Crippen LogP contribution < -0.4 is 9.62 Å². The van der Waals surface area contributed by atoms with Crippen LogP contribution in [-0.2, 0) is 20.9 Å². The number of ether oxygens (including phenoxy) is 1. The van der Waals surface area contributed by atoms with Gasteiger partial charge in [-0.15, -0.1) is 4.72 Å². The first-order valence-electron chi connectivity index (χ1n) is 16.0. The molecule has 0 spiro atoms. The summed E-state index contributed by atoms with van der Waals surface area (Å²) in [5, 5.41) is 0.634. The number of nitrogens with zero attached hydrogens (tertiary/aromatic N) is 3. The molecule has 2 heterocycles. The summed E-state index contributed by atoms with van der Waals surface area (Å²) in [4.78, 5) is 33.1. The van der Waals surface area contributed by atoms with Gasteiger partial charge in [0.05, 0.1) is 12.0 Å². The molecular formula is C35H51ClN4O4S. The molecule has 3 unspecified atom stereocenters. The second kappa shape index (κ2) is 14.1. The number of amides is 2. The van der Waals surface area contributed by atoms with Crippen molar-refractivity contribution in [3.63, 3.8) is 0 Å². The topological polar surface area (TPSA) is 88.2 Å². The Labute approximate surface area is 278 Å². The summed E-state index contributed by atoms with van der Waals surface area (Å²) < 4.78 is 21.9. The van der Waals surface area contributed by atoms with Crippen LogP contribution in [-0.4, -0.2) is 76.0 Å². The molecular weight excluding hydrogens is 608 g/mol. The van der Waals surface area contributed by atoms with E-state index in [1.165, 1.54) is 0 Å². The van der Waals surface area contributed by atoms with Crippen molar-refractivity contribution in [2.45, 2.75) is 84.6 Å². The monoisotopic (exact) mass is 658 g/mol. The van der Waals surface area contributed by atoms with Crippen molar-refractivity contribution in [3.05, 3.63) is 64.2 Å². The number of piperazine rings is 1. The summed E-state index contributed by atoms with van der Waals surface area (Å²) in [7, 11) is 0. The van der Waals surface area contributed by atoms with Crippen molar-refractivity contribution in [1.82, 2.24) is 14.5 Å². The largest absolute Gasteiger partial charge is 0.598 e. The molecule has 0 bridgehead atoms. The maximum absolute atomic E-state index is 14.1. The summed E-state index contributed by atoms with van der Waals surface area (Å²) in [5.74, 6) is -0.237. The summed E-state index contributed by atoms with van der Waals surface area (Å²) in [6.45, 7) is 21.1. The molecule has 10 heteroatoms. The molecule has 2 fully saturated rings. The number of benzene rings is 2. The number of carbonyl (C=O) groups excluding carboxylic acids is 2. The third-order valence-electron chi connectivity index (χ3n) is 8.49. The molecule has 1 N–H and O–H groups in total. The molecule has 2 aliphatic rings. The molecule has 2 aromatic rings. The van der Waals surface area contributed by atoms with Crippen LogP contribution in [0.1, 0.15) is 84.0 Å². The lowest BCUT2D eigenvalue weighted by molar-refractivity contribution is -0.135.